The largest absolute Gasteiger partial charge is 0.261 e. The van der Waals surface area contributed by atoms with Crippen LogP contribution in [0.3, 0.4) is 0 Å². The van der Waals surface area contributed by atoms with Gasteiger partial charge in [-0.3, -0.25) is 0 Å². The summed E-state index contributed by atoms with van der Waals surface area (Å²) in [6, 6.07) is 0. The zero-order valence-corrected chi connectivity index (χ0v) is 15.9. The van der Waals surface area contributed by atoms with Gasteiger partial charge in [0.25, 0.3) is 14.1 Å². The van der Waals surface area contributed by atoms with Gasteiger partial charge in [-0.05, 0) is 25.7 Å². The molecule has 0 aromatic heterocycles. The van der Waals surface area contributed by atoms with E-state index in [9.17, 15) is 0 Å². The standard InChI is InChI=1S/2C8H15.C4H9.Al/c2*1-3-5-7-8-6-4-2;1-3-4-2;/h2*3H,1-2,4-8H2;1,3-4H2,2H3;. The molecule has 0 heterocycles. The molecule has 0 saturated carbocycles. The first-order valence-corrected chi connectivity index (χ1v) is 12.0. The first-order chi connectivity index (χ1) is 10.3. The fraction of sp³-hybridized carbons (Fsp3) is 0.800. The molecule has 0 aromatic rings. The lowest BCUT2D eigenvalue weighted by atomic mass is 10.1. The van der Waals surface area contributed by atoms with E-state index < -0.39 is 14.1 Å². The number of hydrogen-bond donors (Lipinski definition) is 0. The van der Waals surface area contributed by atoms with Crippen molar-refractivity contribution in [2.24, 2.45) is 0 Å². The molecule has 0 aliphatic rings. The van der Waals surface area contributed by atoms with Crippen LogP contribution < -0.4 is 0 Å². The van der Waals surface area contributed by atoms with Gasteiger partial charge >= 0.3 is 0 Å². The highest BCUT2D eigenvalue weighted by molar-refractivity contribution is 6.58. The van der Waals surface area contributed by atoms with Crippen molar-refractivity contribution >= 4 is 14.1 Å². The molecule has 0 atom stereocenters. The minimum absolute atomic E-state index is 0.409. The first kappa shape index (κ1) is 21.0. The number of rotatable bonds is 17. The van der Waals surface area contributed by atoms with Crippen molar-refractivity contribution in [3.8, 4) is 0 Å². The molecule has 0 aromatic carbocycles. The quantitative estimate of drug-likeness (QED) is 0.148. The monoisotopic (exact) mass is 306 g/mol. The van der Waals surface area contributed by atoms with Gasteiger partial charge in [-0.1, -0.05) is 86.3 Å². The SMILES string of the molecule is C=CCCCCC[CH2][Al]([CH2]CCC)[CH2]CCCCCC=C. The molecule has 0 amide bonds. The van der Waals surface area contributed by atoms with Gasteiger partial charge < -0.3 is 0 Å². The first-order valence-electron chi connectivity index (χ1n) is 9.56. The topological polar surface area (TPSA) is 0 Å². The summed E-state index contributed by atoms with van der Waals surface area (Å²) in [4.78, 5) is 0. The summed E-state index contributed by atoms with van der Waals surface area (Å²) in [6.07, 6.45) is 20.9. The van der Waals surface area contributed by atoms with E-state index in [1.165, 1.54) is 77.0 Å². The van der Waals surface area contributed by atoms with E-state index in [0.717, 1.165) is 0 Å². The third kappa shape index (κ3) is 16.2. The van der Waals surface area contributed by atoms with Crippen LogP contribution in [0.25, 0.3) is 0 Å². The predicted octanol–water partition coefficient (Wildman–Crippen LogP) is 7.55. The summed E-state index contributed by atoms with van der Waals surface area (Å²) >= 11 is -0.409. The predicted molar refractivity (Wildman–Crippen MR) is 102 cm³/mol. The van der Waals surface area contributed by atoms with Crippen molar-refractivity contribution < 1.29 is 0 Å². The molecule has 122 valence electrons. The van der Waals surface area contributed by atoms with Crippen molar-refractivity contribution in [2.75, 3.05) is 0 Å². The second-order valence-electron chi connectivity index (χ2n) is 6.57. The van der Waals surface area contributed by atoms with E-state index in [4.69, 9.17) is 0 Å². The van der Waals surface area contributed by atoms with E-state index in [1.54, 1.807) is 15.8 Å². The van der Waals surface area contributed by atoms with Gasteiger partial charge in [0, 0.05) is 0 Å². The fourth-order valence-electron chi connectivity index (χ4n) is 3.08. The lowest BCUT2D eigenvalue weighted by Gasteiger charge is -2.11. The van der Waals surface area contributed by atoms with Gasteiger partial charge in [0.2, 0.25) is 0 Å². The van der Waals surface area contributed by atoms with E-state index >= 15 is 0 Å². The second kappa shape index (κ2) is 18.1. The summed E-state index contributed by atoms with van der Waals surface area (Å²) in [7, 11) is 0. The molecule has 0 aliphatic carbocycles. The Kier molecular flexibility index (Phi) is 18.1. The van der Waals surface area contributed by atoms with Crippen molar-refractivity contribution in [1.29, 1.82) is 0 Å². The van der Waals surface area contributed by atoms with Gasteiger partial charge in [-0.2, -0.15) is 0 Å². The van der Waals surface area contributed by atoms with Crippen LogP contribution in [-0.2, 0) is 0 Å². The molecule has 0 fully saturated rings. The van der Waals surface area contributed by atoms with Crippen LogP contribution in [-0.4, -0.2) is 14.1 Å². The molecule has 1 heteroatoms. The summed E-state index contributed by atoms with van der Waals surface area (Å²) in [5, 5.41) is 4.83. The second-order valence-corrected chi connectivity index (χ2v) is 10.0. The van der Waals surface area contributed by atoms with Crippen LogP contribution in [0.2, 0.25) is 15.8 Å². The Labute approximate surface area is 139 Å². The van der Waals surface area contributed by atoms with Crippen LogP contribution in [0.1, 0.15) is 84.0 Å². The Morgan fingerprint density at radius 3 is 1.48 bits per heavy atom. The number of unbranched alkanes of at least 4 members (excludes halogenated alkanes) is 9. The van der Waals surface area contributed by atoms with Gasteiger partial charge in [0.1, 0.15) is 0 Å². The summed E-state index contributed by atoms with van der Waals surface area (Å²) in [5.41, 5.74) is 0. The molecule has 0 aliphatic heterocycles. The number of hydrogen-bond acceptors (Lipinski definition) is 0. The van der Waals surface area contributed by atoms with E-state index in [2.05, 4.69) is 32.2 Å². The van der Waals surface area contributed by atoms with Crippen LogP contribution >= 0.6 is 0 Å². The van der Waals surface area contributed by atoms with Gasteiger partial charge in [-0.15, -0.1) is 13.2 Å². The summed E-state index contributed by atoms with van der Waals surface area (Å²) in [6.45, 7) is 9.95. The molecule has 0 radical (unpaired) electrons. The van der Waals surface area contributed by atoms with E-state index in [0.29, 0.717) is 0 Å². The highest BCUT2D eigenvalue weighted by Crippen LogP contribution is 2.19. The molecule has 0 spiro atoms. The third-order valence-electron chi connectivity index (χ3n) is 4.51. The summed E-state index contributed by atoms with van der Waals surface area (Å²) < 4.78 is 0. The Morgan fingerprint density at radius 1 is 0.619 bits per heavy atom. The van der Waals surface area contributed by atoms with Crippen LogP contribution in [0.5, 0.6) is 0 Å². The molecule has 0 N–H and O–H groups in total. The van der Waals surface area contributed by atoms with Crippen LogP contribution in [0, 0.1) is 0 Å². The maximum atomic E-state index is 3.80. The normalized spacial score (nSPS) is 10.5. The fourth-order valence-corrected chi connectivity index (χ4v) is 6.66. The Balaban J connectivity index is 3.60. The third-order valence-corrected chi connectivity index (χ3v) is 8.18. The van der Waals surface area contributed by atoms with Gasteiger partial charge in [-0.25, -0.2) is 0 Å². The van der Waals surface area contributed by atoms with Crippen molar-refractivity contribution in [3.05, 3.63) is 25.3 Å². The lowest BCUT2D eigenvalue weighted by molar-refractivity contribution is 0.659. The molecular formula is C20H39Al. The number of allylic oxidation sites excluding steroid dienone is 2. The lowest BCUT2D eigenvalue weighted by Crippen LogP contribution is -2.11. The Morgan fingerprint density at radius 2 is 1.05 bits per heavy atom. The smallest absolute Gasteiger partial charge is 0.103 e. The maximum Gasteiger partial charge on any atom is 0.261 e. The van der Waals surface area contributed by atoms with E-state index in [1.807, 2.05) is 0 Å². The van der Waals surface area contributed by atoms with Gasteiger partial charge in [0.15, 0.2) is 0 Å². The zero-order valence-electron chi connectivity index (χ0n) is 14.8. The van der Waals surface area contributed by atoms with Crippen molar-refractivity contribution in [3.63, 3.8) is 0 Å². The Bertz CT molecular complexity index is 202. The van der Waals surface area contributed by atoms with Gasteiger partial charge in [0.05, 0.1) is 0 Å². The molecule has 0 rings (SSSR count). The molecule has 0 saturated heterocycles. The molecule has 0 unspecified atom stereocenters. The Hall–Kier alpha value is 0.0125. The average molecular weight is 307 g/mol. The highest BCUT2D eigenvalue weighted by Gasteiger charge is 2.15. The van der Waals surface area contributed by atoms with Crippen LogP contribution in [0.4, 0.5) is 0 Å². The minimum atomic E-state index is -0.409. The maximum absolute atomic E-state index is 3.80. The van der Waals surface area contributed by atoms with Crippen molar-refractivity contribution in [2.45, 2.75) is 99.8 Å². The van der Waals surface area contributed by atoms with Crippen molar-refractivity contribution in [1.82, 2.24) is 0 Å². The molecule has 0 bridgehead atoms. The zero-order chi connectivity index (χ0) is 15.6. The van der Waals surface area contributed by atoms with Crippen LogP contribution in [0.15, 0.2) is 25.3 Å². The molecule has 21 heavy (non-hydrogen) atoms. The summed E-state index contributed by atoms with van der Waals surface area (Å²) in [5.74, 6) is 0. The molecule has 0 nitrogen and oxygen atoms in total. The highest BCUT2D eigenvalue weighted by atomic mass is 27.2. The van der Waals surface area contributed by atoms with E-state index in [-0.39, 0.29) is 0 Å². The minimum Gasteiger partial charge on any atom is -0.103 e. The average Bonchev–Trinajstić information content (AvgIpc) is 2.50. The molecular weight excluding hydrogens is 267 g/mol.